The zero-order chi connectivity index (χ0) is 12.3. The van der Waals surface area contributed by atoms with Crippen LogP contribution in [-0.4, -0.2) is 26.8 Å². The van der Waals surface area contributed by atoms with Crippen molar-refractivity contribution in [3.8, 4) is 0 Å². The van der Waals surface area contributed by atoms with Gasteiger partial charge in [-0.05, 0) is 31.6 Å². The van der Waals surface area contributed by atoms with Crippen LogP contribution in [0.15, 0.2) is 12.4 Å². The monoisotopic (exact) mass is 237 g/mol. The van der Waals surface area contributed by atoms with Gasteiger partial charge >= 0.3 is 0 Å². The molecule has 1 aromatic heterocycles. The Hall–Kier alpha value is -0.870. The predicted octanol–water partition coefficient (Wildman–Crippen LogP) is 1.45. The third-order valence-corrected chi connectivity index (χ3v) is 3.86. The summed E-state index contributed by atoms with van der Waals surface area (Å²) in [5.74, 6) is 1.78. The maximum absolute atomic E-state index is 10.4. The Bertz CT molecular complexity index is 353. The van der Waals surface area contributed by atoms with Gasteiger partial charge in [0.05, 0.1) is 12.1 Å². The SMILES string of the molecule is CC1CCC(O)(CNCc2nccn2C)CC1. The molecule has 1 aliphatic carbocycles. The summed E-state index contributed by atoms with van der Waals surface area (Å²) in [6, 6.07) is 0. The first-order valence-electron chi connectivity index (χ1n) is 6.48. The van der Waals surface area contributed by atoms with Crippen LogP contribution in [-0.2, 0) is 13.6 Å². The van der Waals surface area contributed by atoms with Crippen molar-refractivity contribution >= 4 is 0 Å². The van der Waals surface area contributed by atoms with Gasteiger partial charge in [-0.3, -0.25) is 0 Å². The van der Waals surface area contributed by atoms with Crippen molar-refractivity contribution in [1.29, 1.82) is 0 Å². The molecule has 0 amide bonds. The number of aliphatic hydroxyl groups is 1. The molecule has 0 unspecified atom stereocenters. The largest absolute Gasteiger partial charge is 0.389 e. The molecule has 0 saturated heterocycles. The summed E-state index contributed by atoms with van der Waals surface area (Å²) in [5.41, 5.74) is -0.502. The Morgan fingerprint density at radius 1 is 1.53 bits per heavy atom. The van der Waals surface area contributed by atoms with Crippen LogP contribution in [0.5, 0.6) is 0 Å². The average molecular weight is 237 g/mol. The van der Waals surface area contributed by atoms with E-state index < -0.39 is 5.60 Å². The van der Waals surface area contributed by atoms with Crippen LogP contribution in [0.3, 0.4) is 0 Å². The molecule has 17 heavy (non-hydrogen) atoms. The molecule has 0 aliphatic heterocycles. The molecule has 4 heteroatoms. The van der Waals surface area contributed by atoms with Gasteiger partial charge in [-0.1, -0.05) is 6.92 Å². The van der Waals surface area contributed by atoms with Gasteiger partial charge < -0.3 is 15.0 Å². The van der Waals surface area contributed by atoms with Gasteiger partial charge in [-0.15, -0.1) is 0 Å². The molecule has 96 valence electrons. The lowest BCUT2D eigenvalue weighted by molar-refractivity contribution is -0.00644. The lowest BCUT2D eigenvalue weighted by atomic mass is 9.79. The summed E-state index contributed by atoms with van der Waals surface area (Å²) in [6.45, 7) is 3.66. The summed E-state index contributed by atoms with van der Waals surface area (Å²) in [5, 5.41) is 13.7. The number of imidazole rings is 1. The van der Waals surface area contributed by atoms with Crippen molar-refractivity contribution < 1.29 is 5.11 Å². The van der Waals surface area contributed by atoms with Crippen molar-refractivity contribution in [2.24, 2.45) is 13.0 Å². The Balaban J connectivity index is 1.76. The van der Waals surface area contributed by atoms with E-state index in [0.29, 0.717) is 6.54 Å². The molecule has 0 spiro atoms. The van der Waals surface area contributed by atoms with Crippen LogP contribution < -0.4 is 5.32 Å². The van der Waals surface area contributed by atoms with E-state index in [1.165, 1.54) is 0 Å². The molecular formula is C13H23N3O. The number of aryl methyl sites for hydroxylation is 1. The van der Waals surface area contributed by atoms with Gasteiger partial charge in [0.25, 0.3) is 0 Å². The fraction of sp³-hybridized carbons (Fsp3) is 0.769. The van der Waals surface area contributed by atoms with Crippen LogP contribution in [0.25, 0.3) is 0 Å². The Morgan fingerprint density at radius 2 is 2.24 bits per heavy atom. The highest BCUT2D eigenvalue weighted by atomic mass is 16.3. The first-order chi connectivity index (χ1) is 8.09. The minimum Gasteiger partial charge on any atom is -0.389 e. The van der Waals surface area contributed by atoms with Crippen molar-refractivity contribution in [2.75, 3.05) is 6.54 Å². The summed E-state index contributed by atoms with van der Waals surface area (Å²) in [4.78, 5) is 4.25. The number of aromatic nitrogens is 2. The third kappa shape index (κ3) is 3.30. The normalized spacial score (nSPS) is 29.5. The quantitative estimate of drug-likeness (QED) is 0.833. The molecule has 1 heterocycles. The predicted molar refractivity (Wildman–Crippen MR) is 67.5 cm³/mol. The maximum atomic E-state index is 10.4. The van der Waals surface area contributed by atoms with E-state index in [0.717, 1.165) is 44.0 Å². The first kappa shape index (κ1) is 12.6. The number of hydrogen-bond acceptors (Lipinski definition) is 3. The van der Waals surface area contributed by atoms with Crippen LogP contribution in [0.1, 0.15) is 38.4 Å². The maximum Gasteiger partial charge on any atom is 0.122 e. The van der Waals surface area contributed by atoms with Gasteiger partial charge in [0, 0.05) is 26.0 Å². The number of rotatable bonds is 4. The second-order valence-electron chi connectivity index (χ2n) is 5.46. The summed E-state index contributed by atoms with van der Waals surface area (Å²) < 4.78 is 2.00. The van der Waals surface area contributed by atoms with E-state index in [4.69, 9.17) is 0 Å². The Labute approximate surface area is 103 Å². The van der Waals surface area contributed by atoms with Crippen LogP contribution in [0.4, 0.5) is 0 Å². The fourth-order valence-corrected chi connectivity index (χ4v) is 2.45. The average Bonchev–Trinajstić information content (AvgIpc) is 2.70. The first-order valence-corrected chi connectivity index (χ1v) is 6.48. The highest BCUT2D eigenvalue weighted by Crippen LogP contribution is 2.31. The molecule has 0 atom stereocenters. The topological polar surface area (TPSA) is 50.1 Å². The van der Waals surface area contributed by atoms with Gasteiger partial charge in [0.1, 0.15) is 5.82 Å². The van der Waals surface area contributed by atoms with E-state index in [2.05, 4.69) is 17.2 Å². The lowest BCUT2D eigenvalue weighted by Crippen LogP contribution is -2.43. The lowest BCUT2D eigenvalue weighted by Gasteiger charge is -2.35. The third-order valence-electron chi connectivity index (χ3n) is 3.86. The zero-order valence-electron chi connectivity index (χ0n) is 10.8. The van der Waals surface area contributed by atoms with Crippen molar-refractivity contribution in [2.45, 2.75) is 44.8 Å². The van der Waals surface area contributed by atoms with Crippen molar-refractivity contribution in [1.82, 2.24) is 14.9 Å². The van der Waals surface area contributed by atoms with Crippen LogP contribution >= 0.6 is 0 Å². The summed E-state index contributed by atoms with van der Waals surface area (Å²) >= 11 is 0. The van der Waals surface area contributed by atoms with E-state index in [-0.39, 0.29) is 0 Å². The molecule has 1 fully saturated rings. The van der Waals surface area contributed by atoms with E-state index in [1.807, 2.05) is 17.8 Å². The van der Waals surface area contributed by atoms with E-state index >= 15 is 0 Å². The molecule has 0 aromatic carbocycles. The van der Waals surface area contributed by atoms with Gasteiger partial charge in [-0.2, -0.15) is 0 Å². The number of nitrogens with one attached hydrogen (secondary N) is 1. The Morgan fingerprint density at radius 3 is 2.82 bits per heavy atom. The number of nitrogens with zero attached hydrogens (tertiary/aromatic N) is 2. The molecule has 1 saturated carbocycles. The summed E-state index contributed by atoms with van der Waals surface area (Å²) in [7, 11) is 1.99. The minimum atomic E-state index is -0.502. The summed E-state index contributed by atoms with van der Waals surface area (Å²) in [6.07, 6.45) is 7.85. The second kappa shape index (κ2) is 5.19. The van der Waals surface area contributed by atoms with Gasteiger partial charge in [0.2, 0.25) is 0 Å². The fourth-order valence-electron chi connectivity index (χ4n) is 2.45. The van der Waals surface area contributed by atoms with E-state index in [9.17, 15) is 5.11 Å². The molecule has 1 aliphatic rings. The number of hydrogen-bond donors (Lipinski definition) is 2. The molecule has 1 aromatic rings. The highest BCUT2D eigenvalue weighted by molar-refractivity contribution is 4.92. The smallest absolute Gasteiger partial charge is 0.122 e. The van der Waals surface area contributed by atoms with Gasteiger partial charge in [0.15, 0.2) is 0 Å². The van der Waals surface area contributed by atoms with Gasteiger partial charge in [-0.25, -0.2) is 4.98 Å². The Kier molecular flexibility index (Phi) is 3.84. The van der Waals surface area contributed by atoms with Crippen molar-refractivity contribution in [3.05, 3.63) is 18.2 Å². The zero-order valence-corrected chi connectivity index (χ0v) is 10.8. The van der Waals surface area contributed by atoms with E-state index in [1.54, 1.807) is 6.20 Å². The minimum absolute atomic E-state index is 0.502. The standard InChI is InChI=1S/C13H23N3O/c1-11-3-5-13(17,6-4-11)10-14-9-12-15-7-8-16(12)2/h7-8,11,14,17H,3-6,9-10H2,1-2H3. The highest BCUT2D eigenvalue weighted by Gasteiger charge is 2.31. The molecule has 0 bridgehead atoms. The van der Waals surface area contributed by atoms with Crippen LogP contribution in [0.2, 0.25) is 0 Å². The molecule has 4 nitrogen and oxygen atoms in total. The molecular weight excluding hydrogens is 214 g/mol. The molecule has 2 N–H and O–H groups in total. The van der Waals surface area contributed by atoms with Crippen molar-refractivity contribution in [3.63, 3.8) is 0 Å². The molecule has 2 rings (SSSR count). The second-order valence-corrected chi connectivity index (χ2v) is 5.46. The molecule has 0 radical (unpaired) electrons. The van der Waals surface area contributed by atoms with Crippen LogP contribution in [0, 0.1) is 5.92 Å².